The summed E-state index contributed by atoms with van der Waals surface area (Å²) in [5, 5.41) is 3.31. The van der Waals surface area contributed by atoms with E-state index < -0.39 is 0 Å². The Kier molecular flexibility index (Phi) is 6.99. The summed E-state index contributed by atoms with van der Waals surface area (Å²) in [5.74, 6) is 1.33. The van der Waals surface area contributed by atoms with Gasteiger partial charge in [-0.2, -0.15) is 0 Å². The van der Waals surface area contributed by atoms with Crippen molar-refractivity contribution in [3.63, 3.8) is 0 Å². The van der Waals surface area contributed by atoms with Crippen LogP contribution in [0, 0.1) is 0 Å². The number of carbonyl (C=O) groups excluding carboxylic acids is 1. The molecule has 0 spiro atoms. The van der Waals surface area contributed by atoms with Crippen molar-refractivity contribution in [3.05, 3.63) is 29.8 Å². The number of nitrogens with one attached hydrogen (secondary N) is 1. The van der Waals surface area contributed by atoms with Gasteiger partial charge < -0.3 is 15.0 Å². The van der Waals surface area contributed by atoms with Crippen LogP contribution in [0.2, 0.25) is 0 Å². The first-order chi connectivity index (χ1) is 9.61. The molecule has 1 amide bonds. The standard InChI is InChI=1S/C16H24N2O2.ClH/c1-12(14-4-6-15(20-3)7-5-14)10-16(19)18-9-8-17-11-13(18)2;/h4-7,12-13,17H,8-11H2,1-3H3;1H/t12?,13-;/m1./s1. The Bertz CT molecular complexity index is 450. The van der Waals surface area contributed by atoms with Gasteiger partial charge in [0.15, 0.2) is 0 Å². The summed E-state index contributed by atoms with van der Waals surface area (Å²) in [6, 6.07) is 8.27. The Labute approximate surface area is 133 Å². The van der Waals surface area contributed by atoms with E-state index in [1.165, 1.54) is 5.56 Å². The third kappa shape index (κ3) is 4.61. The summed E-state index contributed by atoms with van der Waals surface area (Å²) in [6.45, 7) is 6.81. The molecule has 0 aromatic heterocycles. The van der Waals surface area contributed by atoms with Gasteiger partial charge in [-0.1, -0.05) is 19.1 Å². The molecule has 1 aromatic carbocycles. The van der Waals surface area contributed by atoms with Crippen LogP contribution in [0.1, 0.15) is 31.7 Å². The molecule has 4 nitrogen and oxygen atoms in total. The van der Waals surface area contributed by atoms with Crippen LogP contribution in [-0.2, 0) is 4.79 Å². The molecule has 1 aliphatic rings. The van der Waals surface area contributed by atoms with E-state index in [-0.39, 0.29) is 24.2 Å². The van der Waals surface area contributed by atoms with E-state index in [0.29, 0.717) is 12.5 Å². The number of rotatable bonds is 4. The molecule has 0 saturated carbocycles. The highest BCUT2D eigenvalue weighted by Gasteiger charge is 2.24. The van der Waals surface area contributed by atoms with Crippen LogP contribution in [0.15, 0.2) is 24.3 Å². The fourth-order valence-electron chi connectivity index (χ4n) is 2.64. The molecule has 21 heavy (non-hydrogen) atoms. The van der Waals surface area contributed by atoms with Crippen LogP contribution >= 0.6 is 12.4 Å². The molecule has 1 aromatic rings. The molecule has 2 atom stereocenters. The number of benzene rings is 1. The minimum atomic E-state index is 0. The van der Waals surface area contributed by atoms with Gasteiger partial charge in [0.05, 0.1) is 7.11 Å². The zero-order chi connectivity index (χ0) is 14.5. The number of carbonyl (C=O) groups is 1. The minimum absolute atomic E-state index is 0. The van der Waals surface area contributed by atoms with Crippen molar-refractivity contribution in [3.8, 4) is 5.75 Å². The van der Waals surface area contributed by atoms with Gasteiger partial charge in [0.25, 0.3) is 0 Å². The van der Waals surface area contributed by atoms with Crippen LogP contribution in [0.25, 0.3) is 0 Å². The van der Waals surface area contributed by atoms with E-state index >= 15 is 0 Å². The Morgan fingerprint density at radius 3 is 2.67 bits per heavy atom. The molecular weight excluding hydrogens is 288 g/mol. The lowest BCUT2D eigenvalue weighted by molar-refractivity contribution is -0.134. The molecular formula is C16H25ClN2O2. The topological polar surface area (TPSA) is 41.6 Å². The first kappa shape index (κ1) is 17.8. The van der Waals surface area contributed by atoms with Crippen molar-refractivity contribution in [1.29, 1.82) is 0 Å². The molecule has 2 rings (SSSR count). The predicted molar refractivity (Wildman–Crippen MR) is 87.3 cm³/mol. The molecule has 1 unspecified atom stereocenters. The molecule has 1 N–H and O–H groups in total. The third-order valence-electron chi connectivity index (χ3n) is 3.99. The fraction of sp³-hybridized carbons (Fsp3) is 0.562. The van der Waals surface area contributed by atoms with Gasteiger partial charge in [0.2, 0.25) is 5.91 Å². The lowest BCUT2D eigenvalue weighted by atomic mass is 9.96. The van der Waals surface area contributed by atoms with Gasteiger partial charge in [-0.25, -0.2) is 0 Å². The summed E-state index contributed by atoms with van der Waals surface area (Å²) >= 11 is 0. The molecule has 1 aliphatic heterocycles. The molecule has 0 bridgehead atoms. The van der Waals surface area contributed by atoms with E-state index in [0.717, 1.165) is 25.4 Å². The van der Waals surface area contributed by atoms with Gasteiger partial charge in [-0.3, -0.25) is 4.79 Å². The number of ether oxygens (including phenoxy) is 1. The van der Waals surface area contributed by atoms with E-state index in [4.69, 9.17) is 4.74 Å². The van der Waals surface area contributed by atoms with Gasteiger partial charge >= 0.3 is 0 Å². The first-order valence-electron chi connectivity index (χ1n) is 7.26. The average molecular weight is 313 g/mol. The number of halogens is 1. The van der Waals surface area contributed by atoms with Crippen molar-refractivity contribution in [2.24, 2.45) is 0 Å². The van der Waals surface area contributed by atoms with Gasteiger partial charge in [-0.15, -0.1) is 12.4 Å². The summed E-state index contributed by atoms with van der Waals surface area (Å²) in [6.07, 6.45) is 0.566. The molecule has 1 saturated heterocycles. The number of methoxy groups -OCH3 is 1. The first-order valence-corrected chi connectivity index (χ1v) is 7.26. The molecule has 1 fully saturated rings. The second kappa shape index (κ2) is 8.25. The van der Waals surface area contributed by atoms with Gasteiger partial charge in [-0.05, 0) is 30.5 Å². The van der Waals surface area contributed by atoms with Crippen LogP contribution in [0.4, 0.5) is 0 Å². The summed E-state index contributed by atoms with van der Waals surface area (Å²) < 4.78 is 5.16. The number of amides is 1. The van der Waals surface area contributed by atoms with Crippen molar-refractivity contribution in [2.75, 3.05) is 26.7 Å². The maximum atomic E-state index is 12.4. The Morgan fingerprint density at radius 1 is 1.43 bits per heavy atom. The van der Waals surface area contributed by atoms with Crippen molar-refractivity contribution < 1.29 is 9.53 Å². The molecule has 5 heteroatoms. The van der Waals surface area contributed by atoms with Crippen LogP contribution in [0.5, 0.6) is 5.75 Å². The van der Waals surface area contributed by atoms with Crippen molar-refractivity contribution >= 4 is 18.3 Å². The zero-order valence-corrected chi connectivity index (χ0v) is 13.8. The molecule has 118 valence electrons. The van der Waals surface area contributed by atoms with Gasteiger partial charge in [0, 0.05) is 32.1 Å². The number of hydrogen-bond donors (Lipinski definition) is 1. The monoisotopic (exact) mass is 312 g/mol. The molecule has 1 heterocycles. The maximum absolute atomic E-state index is 12.4. The second-order valence-electron chi connectivity index (χ2n) is 5.52. The number of piperazine rings is 1. The average Bonchev–Trinajstić information content (AvgIpc) is 2.47. The van der Waals surface area contributed by atoms with Crippen LogP contribution in [0.3, 0.4) is 0 Å². The summed E-state index contributed by atoms with van der Waals surface area (Å²) in [4.78, 5) is 14.4. The van der Waals surface area contributed by atoms with E-state index in [9.17, 15) is 4.79 Å². The molecule has 0 radical (unpaired) electrons. The Balaban J connectivity index is 0.00000220. The smallest absolute Gasteiger partial charge is 0.223 e. The highest BCUT2D eigenvalue weighted by Crippen LogP contribution is 2.23. The zero-order valence-electron chi connectivity index (χ0n) is 13.0. The maximum Gasteiger partial charge on any atom is 0.223 e. The number of hydrogen-bond acceptors (Lipinski definition) is 3. The van der Waals surface area contributed by atoms with Gasteiger partial charge in [0.1, 0.15) is 5.75 Å². The van der Waals surface area contributed by atoms with E-state index in [2.05, 4.69) is 19.2 Å². The van der Waals surface area contributed by atoms with Crippen LogP contribution in [-0.4, -0.2) is 43.6 Å². The Hall–Kier alpha value is -1.26. The SMILES string of the molecule is COc1ccc(C(C)CC(=O)N2CCNC[C@H]2C)cc1.Cl. The van der Waals surface area contributed by atoms with Crippen LogP contribution < -0.4 is 10.1 Å². The van der Waals surface area contributed by atoms with Crippen molar-refractivity contribution in [1.82, 2.24) is 10.2 Å². The second-order valence-corrected chi connectivity index (χ2v) is 5.52. The largest absolute Gasteiger partial charge is 0.497 e. The lowest BCUT2D eigenvalue weighted by Crippen LogP contribution is -2.52. The summed E-state index contributed by atoms with van der Waals surface area (Å²) in [7, 11) is 1.66. The quantitative estimate of drug-likeness (QED) is 0.928. The fourth-order valence-corrected chi connectivity index (χ4v) is 2.64. The Morgan fingerprint density at radius 2 is 2.10 bits per heavy atom. The lowest BCUT2D eigenvalue weighted by Gasteiger charge is -2.34. The molecule has 0 aliphatic carbocycles. The van der Waals surface area contributed by atoms with E-state index in [1.807, 2.05) is 29.2 Å². The summed E-state index contributed by atoms with van der Waals surface area (Å²) in [5.41, 5.74) is 1.18. The highest BCUT2D eigenvalue weighted by molar-refractivity contribution is 5.85. The van der Waals surface area contributed by atoms with Crippen molar-refractivity contribution in [2.45, 2.75) is 32.2 Å². The minimum Gasteiger partial charge on any atom is -0.497 e. The van der Waals surface area contributed by atoms with E-state index in [1.54, 1.807) is 7.11 Å². The third-order valence-corrected chi connectivity index (χ3v) is 3.99. The number of nitrogens with zero attached hydrogens (tertiary/aromatic N) is 1. The predicted octanol–water partition coefficient (Wildman–Crippen LogP) is 2.43. The normalized spacial score (nSPS) is 19.6. The highest BCUT2D eigenvalue weighted by atomic mass is 35.5.